The number of nitrogens with zero attached hydrogens (tertiary/aromatic N) is 3. The van der Waals surface area contributed by atoms with Crippen LogP contribution in [0.3, 0.4) is 0 Å². The molecule has 1 fully saturated rings. The zero-order chi connectivity index (χ0) is 24.6. The van der Waals surface area contributed by atoms with Crippen molar-refractivity contribution in [2.24, 2.45) is 0 Å². The van der Waals surface area contributed by atoms with Crippen molar-refractivity contribution in [3.8, 4) is 11.5 Å². The lowest BCUT2D eigenvalue weighted by molar-refractivity contribution is -0.186. The molecule has 2 atom stereocenters. The average molecular weight is 556 g/mol. The van der Waals surface area contributed by atoms with E-state index in [4.69, 9.17) is 9.47 Å². The molecule has 0 saturated carbocycles. The van der Waals surface area contributed by atoms with Crippen LogP contribution in [0.4, 0.5) is 29.1 Å². The second kappa shape index (κ2) is 9.75. The summed E-state index contributed by atoms with van der Waals surface area (Å²) in [5, 5.41) is 6.56. The van der Waals surface area contributed by atoms with Gasteiger partial charge >= 0.3 is 6.18 Å². The maximum Gasteiger partial charge on any atom is 0.404 e. The molecule has 2 aliphatic rings. The minimum Gasteiger partial charge on any atom is -0.486 e. The molecule has 3 heterocycles. The Hall–Kier alpha value is -2.70. The van der Waals surface area contributed by atoms with E-state index in [2.05, 4.69) is 36.5 Å². The number of alkyl halides is 3. The molecule has 0 spiro atoms. The fraction of sp³-hybridized carbons (Fsp3) is 0.391. The lowest BCUT2D eigenvalue weighted by atomic mass is 10.1. The number of hydrogen-bond acceptors (Lipinski definition) is 7. The van der Waals surface area contributed by atoms with Crippen LogP contribution in [0, 0.1) is 5.82 Å². The van der Waals surface area contributed by atoms with Crippen molar-refractivity contribution in [2.75, 3.05) is 38.1 Å². The van der Waals surface area contributed by atoms with Gasteiger partial charge in [0.05, 0.1) is 15.7 Å². The van der Waals surface area contributed by atoms with Crippen LogP contribution in [0.15, 0.2) is 41.1 Å². The van der Waals surface area contributed by atoms with Crippen molar-refractivity contribution in [3.05, 3.63) is 46.9 Å². The van der Waals surface area contributed by atoms with Crippen molar-refractivity contribution in [2.45, 2.75) is 24.7 Å². The summed E-state index contributed by atoms with van der Waals surface area (Å²) in [5.74, 6) is 0.703. The summed E-state index contributed by atoms with van der Waals surface area (Å²) in [6.07, 6.45) is -3.58. The minimum atomic E-state index is -4.32. The number of benzene rings is 2. The van der Waals surface area contributed by atoms with E-state index in [9.17, 15) is 17.6 Å². The summed E-state index contributed by atoms with van der Waals surface area (Å²) in [7, 11) is 0. The number of rotatable bonds is 4. The van der Waals surface area contributed by atoms with Crippen molar-refractivity contribution >= 4 is 38.3 Å². The standard InChI is InChI=1S/C23H22BrF4N5O2/c24-15-2-1-3-16(21(15)25)32-22-14-8-19-18(9-17(14)30-12-31-22)34-11-13(35-19)10-33-7-6-29-5-4-20(33)23(26,27)28/h1-3,8-9,12-13,20,29H,4-7,10-11H2,(H,30,31,32). The quantitative estimate of drug-likeness (QED) is 0.454. The Labute approximate surface area is 206 Å². The number of nitrogens with one attached hydrogen (secondary N) is 2. The Morgan fingerprint density at radius 3 is 2.86 bits per heavy atom. The molecule has 7 nitrogen and oxygen atoms in total. The summed E-state index contributed by atoms with van der Waals surface area (Å²) in [4.78, 5) is 9.91. The van der Waals surface area contributed by atoms with Crippen LogP contribution in [-0.2, 0) is 0 Å². The monoisotopic (exact) mass is 555 g/mol. The third-order valence-corrected chi connectivity index (χ3v) is 6.66. The van der Waals surface area contributed by atoms with Gasteiger partial charge in [-0.1, -0.05) is 6.07 Å². The van der Waals surface area contributed by atoms with E-state index in [0.717, 1.165) is 0 Å². The zero-order valence-electron chi connectivity index (χ0n) is 18.4. The van der Waals surface area contributed by atoms with E-state index < -0.39 is 24.1 Å². The van der Waals surface area contributed by atoms with Crippen LogP contribution in [0.25, 0.3) is 10.9 Å². The van der Waals surface area contributed by atoms with Gasteiger partial charge in [0.15, 0.2) is 17.3 Å². The summed E-state index contributed by atoms with van der Waals surface area (Å²) >= 11 is 3.16. The zero-order valence-corrected chi connectivity index (χ0v) is 20.0. The predicted molar refractivity (Wildman–Crippen MR) is 126 cm³/mol. The molecule has 5 rings (SSSR count). The van der Waals surface area contributed by atoms with Gasteiger partial charge in [-0.25, -0.2) is 14.4 Å². The molecule has 0 radical (unpaired) electrons. The largest absolute Gasteiger partial charge is 0.486 e. The summed E-state index contributed by atoms with van der Waals surface area (Å²) in [5.41, 5.74) is 0.773. The number of fused-ring (bicyclic) bond motifs is 2. The molecule has 1 aromatic heterocycles. The molecule has 0 amide bonds. The Balaban J connectivity index is 1.40. The number of hydrogen-bond donors (Lipinski definition) is 2. The number of aromatic nitrogens is 2. The van der Waals surface area contributed by atoms with E-state index in [1.54, 1.807) is 30.3 Å². The van der Waals surface area contributed by atoms with E-state index in [1.165, 1.54) is 11.2 Å². The van der Waals surface area contributed by atoms with Crippen molar-refractivity contribution in [1.82, 2.24) is 20.2 Å². The molecule has 12 heteroatoms. The van der Waals surface area contributed by atoms with Gasteiger partial charge in [0.2, 0.25) is 0 Å². The molecule has 186 valence electrons. The van der Waals surface area contributed by atoms with Gasteiger partial charge in [0, 0.05) is 31.1 Å². The average Bonchev–Trinajstić information content (AvgIpc) is 3.07. The highest BCUT2D eigenvalue weighted by atomic mass is 79.9. The van der Waals surface area contributed by atoms with Crippen molar-refractivity contribution in [3.63, 3.8) is 0 Å². The molecule has 2 aromatic carbocycles. The second-order valence-electron chi connectivity index (χ2n) is 8.41. The van der Waals surface area contributed by atoms with Gasteiger partial charge in [-0.3, -0.25) is 4.90 Å². The van der Waals surface area contributed by atoms with Crippen LogP contribution in [-0.4, -0.2) is 66.0 Å². The van der Waals surface area contributed by atoms with Gasteiger partial charge in [-0.05, 0) is 47.1 Å². The second-order valence-corrected chi connectivity index (χ2v) is 9.26. The van der Waals surface area contributed by atoms with E-state index in [0.29, 0.717) is 45.8 Å². The molecule has 35 heavy (non-hydrogen) atoms. The molecule has 0 bridgehead atoms. The van der Waals surface area contributed by atoms with Gasteiger partial charge in [0.25, 0.3) is 0 Å². The molecule has 2 unspecified atom stereocenters. The third-order valence-electron chi connectivity index (χ3n) is 6.05. The van der Waals surface area contributed by atoms with Gasteiger partial charge in [-0.15, -0.1) is 0 Å². The van der Waals surface area contributed by atoms with Gasteiger partial charge < -0.3 is 20.1 Å². The van der Waals surface area contributed by atoms with Crippen LogP contribution >= 0.6 is 15.9 Å². The van der Waals surface area contributed by atoms with E-state index >= 15 is 0 Å². The van der Waals surface area contributed by atoms with E-state index in [1.807, 2.05) is 0 Å². The Morgan fingerprint density at radius 1 is 1.17 bits per heavy atom. The highest BCUT2D eigenvalue weighted by molar-refractivity contribution is 9.10. The molecule has 0 aliphatic carbocycles. The predicted octanol–water partition coefficient (Wildman–Crippen LogP) is 4.64. The van der Waals surface area contributed by atoms with Crippen LogP contribution < -0.4 is 20.1 Å². The fourth-order valence-electron chi connectivity index (χ4n) is 4.36. The van der Waals surface area contributed by atoms with Gasteiger partial charge in [-0.2, -0.15) is 13.2 Å². The first-order valence-corrected chi connectivity index (χ1v) is 11.9. The highest BCUT2D eigenvalue weighted by Gasteiger charge is 2.44. The maximum absolute atomic E-state index is 14.5. The molecule has 2 aliphatic heterocycles. The Bertz CT molecular complexity index is 1230. The van der Waals surface area contributed by atoms with Crippen LogP contribution in [0.1, 0.15) is 6.42 Å². The molecular weight excluding hydrogens is 534 g/mol. The fourth-order valence-corrected chi connectivity index (χ4v) is 4.72. The summed E-state index contributed by atoms with van der Waals surface area (Å²) in [6.45, 7) is 1.23. The first kappa shape index (κ1) is 24.0. The van der Waals surface area contributed by atoms with Crippen molar-refractivity contribution in [1.29, 1.82) is 0 Å². The molecular formula is C23H22BrF4N5O2. The van der Waals surface area contributed by atoms with Crippen LogP contribution in [0.2, 0.25) is 0 Å². The van der Waals surface area contributed by atoms with E-state index in [-0.39, 0.29) is 31.8 Å². The topological polar surface area (TPSA) is 71.5 Å². The lowest BCUT2D eigenvalue weighted by Gasteiger charge is -2.35. The number of ether oxygens (including phenoxy) is 2. The first-order chi connectivity index (χ1) is 16.8. The highest BCUT2D eigenvalue weighted by Crippen LogP contribution is 2.38. The molecule has 2 N–H and O–H groups in total. The Morgan fingerprint density at radius 2 is 2.03 bits per heavy atom. The van der Waals surface area contributed by atoms with Crippen LogP contribution in [0.5, 0.6) is 11.5 Å². The lowest BCUT2D eigenvalue weighted by Crippen LogP contribution is -2.51. The maximum atomic E-state index is 14.5. The SMILES string of the molecule is Fc1c(Br)cccc1Nc1ncnc2cc3c(cc12)OC(CN1CCNCCC1C(F)(F)F)CO3. The minimum absolute atomic E-state index is 0.0170. The van der Waals surface area contributed by atoms with Gasteiger partial charge in [0.1, 0.15) is 30.9 Å². The smallest absolute Gasteiger partial charge is 0.404 e. The first-order valence-electron chi connectivity index (χ1n) is 11.1. The van der Waals surface area contributed by atoms with Crippen molar-refractivity contribution < 1.29 is 27.0 Å². The molecule has 1 saturated heterocycles. The number of anilines is 2. The summed E-state index contributed by atoms with van der Waals surface area (Å²) < 4.78 is 67.6. The molecule has 3 aromatic rings. The summed E-state index contributed by atoms with van der Waals surface area (Å²) in [6, 6.07) is 6.66. The normalized spacial score (nSPS) is 21.1. The third kappa shape index (κ3) is 5.14. The number of halogens is 5. The Kier molecular flexibility index (Phi) is 6.69.